The van der Waals surface area contributed by atoms with E-state index in [0.717, 1.165) is 4.47 Å². The third-order valence-electron chi connectivity index (χ3n) is 2.67. The molecule has 0 amide bonds. The zero-order chi connectivity index (χ0) is 12.4. The molecule has 0 saturated carbocycles. The number of thiophene rings is 1. The Bertz CT molecular complexity index is 522. The predicted molar refractivity (Wildman–Crippen MR) is 77.1 cm³/mol. The lowest BCUT2D eigenvalue weighted by atomic mass is 10.0. The number of hydrazine groups is 1. The Labute approximate surface area is 114 Å². The van der Waals surface area contributed by atoms with E-state index in [0.29, 0.717) is 0 Å². The van der Waals surface area contributed by atoms with Crippen molar-refractivity contribution in [2.75, 3.05) is 0 Å². The lowest BCUT2D eigenvalue weighted by Crippen LogP contribution is -2.28. The number of nitrogens with one attached hydrogen (secondary N) is 1. The molecule has 0 saturated heterocycles. The van der Waals surface area contributed by atoms with Crippen molar-refractivity contribution in [2.24, 2.45) is 5.84 Å². The first-order chi connectivity index (χ1) is 8.11. The van der Waals surface area contributed by atoms with Crippen molar-refractivity contribution in [3.63, 3.8) is 0 Å². The Balaban J connectivity index is 2.45. The van der Waals surface area contributed by atoms with E-state index in [-0.39, 0.29) is 6.04 Å². The lowest BCUT2D eigenvalue weighted by Gasteiger charge is -2.17. The molecule has 2 aromatic rings. The van der Waals surface area contributed by atoms with Crippen LogP contribution in [0.15, 0.2) is 34.8 Å². The molecule has 1 heterocycles. The van der Waals surface area contributed by atoms with Gasteiger partial charge < -0.3 is 0 Å². The van der Waals surface area contributed by atoms with Crippen LogP contribution in [0.4, 0.5) is 0 Å². The van der Waals surface area contributed by atoms with Crippen LogP contribution in [0.2, 0.25) is 0 Å². The number of rotatable bonds is 3. The van der Waals surface area contributed by atoms with Crippen LogP contribution >= 0.6 is 27.3 Å². The second-order valence-corrected chi connectivity index (χ2v) is 6.25. The quantitative estimate of drug-likeness (QED) is 0.670. The average molecular weight is 311 g/mol. The van der Waals surface area contributed by atoms with Crippen LogP contribution in [0.1, 0.15) is 26.9 Å². The first-order valence-electron chi connectivity index (χ1n) is 5.40. The van der Waals surface area contributed by atoms with Gasteiger partial charge in [-0.15, -0.1) is 11.3 Å². The van der Waals surface area contributed by atoms with Gasteiger partial charge in [0.2, 0.25) is 0 Å². The molecular weight excluding hydrogens is 296 g/mol. The minimum Gasteiger partial charge on any atom is -0.271 e. The predicted octanol–water partition coefficient (Wildman–Crippen LogP) is 3.68. The summed E-state index contributed by atoms with van der Waals surface area (Å²) < 4.78 is 1.08. The van der Waals surface area contributed by atoms with Gasteiger partial charge in [-0.1, -0.05) is 33.6 Å². The number of hydrogen-bond donors (Lipinski definition) is 2. The molecule has 1 atom stereocenters. The van der Waals surface area contributed by atoms with Crippen molar-refractivity contribution in [3.05, 3.63) is 55.7 Å². The highest BCUT2D eigenvalue weighted by Crippen LogP contribution is 2.32. The summed E-state index contributed by atoms with van der Waals surface area (Å²) in [7, 11) is 0. The average Bonchev–Trinajstić information content (AvgIpc) is 2.71. The third-order valence-corrected chi connectivity index (χ3v) is 4.46. The second-order valence-electron chi connectivity index (χ2n) is 4.07. The lowest BCUT2D eigenvalue weighted by molar-refractivity contribution is 0.644. The van der Waals surface area contributed by atoms with Gasteiger partial charge in [-0.05, 0) is 37.6 Å². The van der Waals surface area contributed by atoms with Crippen molar-refractivity contribution < 1.29 is 0 Å². The minimum atomic E-state index is 0.0444. The van der Waals surface area contributed by atoms with Crippen LogP contribution in [0.3, 0.4) is 0 Å². The van der Waals surface area contributed by atoms with E-state index in [2.05, 4.69) is 65.5 Å². The minimum absolute atomic E-state index is 0.0444. The van der Waals surface area contributed by atoms with Gasteiger partial charge in [-0.25, -0.2) is 5.43 Å². The summed E-state index contributed by atoms with van der Waals surface area (Å²) in [4.78, 5) is 2.53. The summed E-state index contributed by atoms with van der Waals surface area (Å²) >= 11 is 5.35. The van der Waals surface area contributed by atoms with Crippen molar-refractivity contribution in [1.29, 1.82) is 0 Å². The summed E-state index contributed by atoms with van der Waals surface area (Å²) in [5.41, 5.74) is 5.30. The van der Waals surface area contributed by atoms with E-state index in [1.165, 1.54) is 20.9 Å². The molecule has 0 bridgehead atoms. The molecule has 2 nitrogen and oxygen atoms in total. The second kappa shape index (κ2) is 5.31. The Morgan fingerprint density at radius 3 is 2.59 bits per heavy atom. The van der Waals surface area contributed by atoms with E-state index in [1.807, 2.05) is 0 Å². The third kappa shape index (κ3) is 2.77. The Hall–Kier alpha value is -0.680. The van der Waals surface area contributed by atoms with Crippen molar-refractivity contribution in [2.45, 2.75) is 19.9 Å². The molecule has 0 aliphatic carbocycles. The topological polar surface area (TPSA) is 38.0 Å². The van der Waals surface area contributed by atoms with Gasteiger partial charge in [-0.2, -0.15) is 0 Å². The van der Waals surface area contributed by atoms with Gasteiger partial charge in [0.1, 0.15) is 0 Å². The fourth-order valence-corrected chi connectivity index (χ4v) is 3.25. The molecule has 0 spiro atoms. The number of nitrogens with two attached hydrogens (primary N) is 1. The van der Waals surface area contributed by atoms with E-state index in [9.17, 15) is 0 Å². The maximum Gasteiger partial charge on any atom is 0.0813 e. The standard InChI is InChI=1S/C13H15BrN2S/c1-8-3-5-11(14)10(7-8)13(16-15)12-6-4-9(2)17-12/h3-7,13,16H,15H2,1-2H3. The normalized spacial score (nSPS) is 12.7. The Morgan fingerprint density at radius 1 is 1.24 bits per heavy atom. The van der Waals surface area contributed by atoms with Gasteiger partial charge in [0.25, 0.3) is 0 Å². The van der Waals surface area contributed by atoms with Crippen LogP contribution in [0.5, 0.6) is 0 Å². The van der Waals surface area contributed by atoms with Gasteiger partial charge >= 0.3 is 0 Å². The first kappa shape index (κ1) is 12.8. The molecule has 1 aromatic heterocycles. The molecule has 1 aromatic carbocycles. The molecule has 17 heavy (non-hydrogen) atoms. The molecule has 0 aliphatic rings. The van der Waals surface area contributed by atoms with E-state index < -0.39 is 0 Å². The Morgan fingerprint density at radius 2 is 2.00 bits per heavy atom. The van der Waals surface area contributed by atoms with Gasteiger partial charge in [0, 0.05) is 14.2 Å². The molecular formula is C13H15BrN2S. The summed E-state index contributed by atoms with van der Waals surface area (Å²) in [6.45, 7) is 4.19. The molecule has 0 radical (unpaired) electrons. The first-order valence-corrected chi connectivity index (χ1v) is 7.01. The number of hydrogen-bond acceptors (Lipinski definition) is 3. The van der Waals surface area contributed by atoms with Crippen LogP contribution in [0.25, 0.3) is 0 Å². The zero-order valence-electron chi connectivity index (χ0n) is 9.83. The molecule has 3 N–H and O–H groups in total. The van der Waals surface area contributed by atoms with Crippen molar-refractivity contribution in [3.8, 4) is 0 Å². The van der Waals surface area contributed by atoms with Gasteiger partial charge in [-0.3, -0.25) is 5.84 Å². The fraction of sp³-hybridized carbons (Fsp3) is 0.231. The maximum absolute atomic E-state index is 5.70. The SMILES string of the molecule is Cc1ccc(Br)c(C(NN)c2ccc(C)s2)c1. The summed E-state index contributed by atoms with van der Waals surface area (Å²) in [5, 5.41) is 0. The van der Waals surface area contributed by atoms with Crippen LogP contribution in [0, 0.1) is 13.8 Å². The highest BCUT2D eigenvalue weighted by atomic mass is 79.9. The van der Waals surface area contributed by atoms with Crippen LogP contribution in [-0.2, 0) is 0 Å². The highest BCUT2D eigenvalue weighted by molar-refractivity contribution is 9.10. The van der Waals surface area contributed by atoms with Gasteiger partial charge in [0.15, 0.2) is 0 Å². The van der Waals surface area contributed by atoms with E-state index in [1.54, 1.807) is 11.3 Å². The van der Waals surface area contributed by atoms with E-state index in [4.69, 9.17) is 5.84 Å². The molecule has 1 unspecified atom stereocenters. The Kier molecular flexibility index (Phi) is 3.99. The molecule has 0 aliphatic heterocycles. The zero-order valence-corrected chi connectivity index (χ0v) is 12.2. The number of aryl methyl sites for hydroxylation is 2. The molecule has 90 valence electrons. The highest BCUT2D eigenvalue weighted by Gasteiger charge is 2.16. The summed E-state index contributed by atoms with van der Waals surface area (Å²) in [6, 6.07) is 10.6. The van der Waals surface area contributed by atoms with Crippen LogP contribution in [-0.4, -0.2) is 0 Å². The van der Waals surface area contributed by atoms with Crippen LogP contribution < -0.4 is 11.3 Å². The van der Waals surface area contributed by atoms with Gasteiger partial charge in [0.05, 0.1) is 6.04 Å². The summed E-state index contributed by atoms with van der Waals surface area (Å²) in [6.07, 6.45) is 0. The smallest absolute Gasteiger partial charge is 0.0813 e. The summed E-state index contributed by atoms with van der Waals surface area (Å²) in [5.74, 6) is 5.70. The molecule has 4 heteroatoms. The van der Waals surface area contributed by atoms with E-state index >= 15 is 0 Å². The molecule has 0 fully saturated rings. The fourth-order valence-electron chi connectivity index (χ4n) is 1.82. The molecule has 2 rings (SSSR count). The maximum atomic E-state index is 5.70. The number of halogens is 1. The van der Waals surface area contributed by atoms with Crippen molar-refractivity contribution in [1.82, 2.24) is 5.43 Å². The monoisotopic (exact) mass is 310 g/mol. The number of benzene rings is 1. The van der Waals surface area contributed by atoms with Crippen molar-refractivity contribution >= 4 is 27.3 Å². The largest absolute Gasteiger partial charge is 0.271 e.